The highest BCUT2D eigenvalue weighted by molar-refractivity contribution is 5.89. The zero-order chi connectivity index (χ0) is 31.0. The zero-order valence-electron chi connectivity index (χ0n) is 24.7. The normalized spacial score (nSPS) is 41.0. The van der Waals surface area contributed by atoms with E-state index in [9.17, 15) is 34.8 Å². The molecule has 11 nitrogen and oxygen atoms in total. The maximum atomic E-state index is 13.6. The molecule has 2 saturated carbocycles. The first kappa shape index (κ1) is 30.6. The van der Waals surface area contributed by atoms with Crippen LogP contribution >= 0.6 is 0 Å². The Labute approximate surface area is 244 Å². The quantitative estimate of drug-likeness (QED) is 0.223. The van der Waals surface area contributed by atoms with Crippen LogP contribution in [0.2, 0.25) is 0 Å². The molecule has 0 amide bonds. The van der Waals surface area contributed by atoms with Crippen molar-refractivity contribution in [1.82, 2.24) is 0 Å². The molecule has 1 aromatic carbocycles. The van der Waals surface area contributed by atoms with E-state index in [1.807, 2.05) is 0 Å². The molecule has 1 saturated heterocycles. The van der Waals surface area contributed by atoms with Gasteiger partial charge in [-0.1, -0.05) is 25.1 Å². The number of ether oxygens (including phenoxy) is 4. The summed E-state index contributed by atoms with van der Waals surface area (Å²) < 4.78 is 24.0. The molecule has 5 rings (SSSR count). The minimum absolute atomic E-state index is 0.0324. The van der Waals surface area contributed by atoms with Crippen molar-refractivity contribution in [3.63, 3.8) is 0 Å². The highest BCUT2D eigenvalue weighted by atomic mass is 16.6. The summed E-state index contributed by atoms with van der Waals surface area (Å²) in [5, 5.41) is 47.3. The van der Waals surface area contributed by atoms with E-state index in [0.29, 0.717) is 5.57 Å². The van der Waals surface area contributed by atoms with Gasteiger partial charge in [-0.25, -0.2) is 4.79 Å². The van der Waals surface area contributed by atoms with Crippen molar-refractivity contribution in [2.45, 2.75) is 102 Å². The number of rotatable bonds is 5. The largest absolute Gasteiger partial charge is 0.461 e. The summed E-state index contributed by atoms with van der Waals surface area (Å²) in [6.45, 7) is 8.48. The molecule has 1 aliphatic heterocycles. The van der Waals surface area contributed by atoms with E-state index in [-0.39, 0.29) is 30.6 Å². The third-order valence-corrected chi connectivity index (χ3v) is 10.3. The first-order valence-corrected chi connectivity index (χ1v) is 14.2. The fourth-order valence-corrected chi connectivity index (χ4v) is 8.35. The van der Waals surface area contributed by atoms with Crippen LogP contribution in [0.4, 0.5) is 0 Å². The lowest BCUT2D eigenvalue weighted by Gasteiger charge is -2.65. The average Bonchev–Trinajstić information content (AvgIpc) is 3.14. The van der Waals surface area contributed by atoms with Gasteiger partial charge in [0.1, 0.15) is 24.4 Å². The molecular formula is C31H40O11. The van der Waals surface area contributed by atoms with Gasteiger partial charge in [0, 0.05) is 25.7 Å². The third kappa shape index (κ3) is 4.16. The van der Waals surface area contributed by atoms with E-state index in [1.165, 1.54) is 27.7 Å². The Morgan fingerprint density at radius 3 is 2.17 bits per heavy atom. The zero-order valence-corrected chi connectivity index (χ0v) is 24.7. The molecule has 11 heteroatoms. The number of benzene rings is 1. The number of aliphatic hydroxyl groups excluding tert-OH is 3. The topological polar surface area (TPSA) is 169 Å². The highest BCUT2D eigenvalue weighted by Gasteiger charge is 2.79. The van der Waals surface area contributed by atoms with E-state index in [2.05, 4.69) is 0 Å². The van der Waals surface area contributed by atoms with Crippen LogP contribution in [0.25, 0.3) is 0 Å². The lowest BCUT2D eigenvalue weighted by molar-refractivity contribution is -0.351. The summed E-state index contributed by atoms with van der Waals surface area (Å²) in [4.78, 5) is 39.0. The van der Waals surface area contributed by atoms with E-state index < -0.39 is 82.5 Å². The van der Waals surface area contributed by atoms with Gasteiger partial charge in [-0.05, 0) is 50.5 Å². The summed E-state index contributed by atoms with van der Waals surface area (Å²) >= 11 is 0. The van der Waals surface area contributed by atoms with Gasteiger partial charge in [0.05, 0.1) is 41.3 Å². The van der Waals surface area contributed by atoms with Crippen LogP contribution in [0.1, 0.15) is 64.7 Å². The molecule has 10 atom stereocenters. The van der Waals surface area contributed by atoms with Crippen molar-refractivity contribution >= 4 is 17.9 Å². The van der Waals surface area contributed by atoms with Gasteiger partial charge in [-0.3, -0.25) is 9.59 Å². The van der Waals surface area contributed by atoms with Gasteiger partial charge in [0.25, 0.3) is 0 Å². The Kier molecular flexibility index (Phi) is 7.38. The summed E-state index contributed by atoms with van der Waals surface area (Å²) in [5.41, 5.74) is -5.82. The predicted molar refractivity (Wildman–Crippen MR) is 146 cm³/mol. The van der Waals surface area contributed by atoms with Crippen LogP contribution < -0.4 is 0 Å². The summed E-state index contributed by atoms with van der Waals surface area (Å²) in [7, 11) is 0. The van der Waals surface area contributed by atoms with Crippen molar-refractivity contribution in [3.8, 4) is 0 Å². The van der Waals surface area contributed by atoms with Gasteiger partial charge >= 0.3 is 17.9 Å². The van der Waals surface area contributed by atoms with Crippen molar-refractivity contribution in [1.29, 1.82) is 0 Å². The lowest BCUT2D eigenvalue weighted by Crippen LogP contribution is -2.79. The van der Waals surface area contributed by atoms with E-state index in [1.54, 1.807) is 44.2 Å². The third-order valence-electron chi connectivity index (χ3n) is 10.3. The predicted octanol–water partition coefficient (Wildman–Crippen LogP) is 1.44. The monoisotopic (exact) mass is 588 g/mol. The molecule has 2 unspecified atom stereocenters. The van der Waals surface area contributed by atoms with Crippen LogP contribution in [-0.4, -0.2) is 92.8 Å². The van der Waals surface area contributed by atoms with E-state index in [4.69, 9.17) is 18.9 Å². The van der Waals surface area contributed by atoms with Crippen LogP contribution in [0.3, 0.4) is 0 Å². The van der Waals surface area contributed by atoms with Crippen LogP contribution in [0, 0.1) is 16.7 Å². The van der Waals surface area contributed by atoms with E-state index >= 15 is 0 Å². The van der Waals surface area contributed by atoms with Crippen molar-refractivity contribution < 1.29 is 53.8 Å². The first-order valence-electron chi connectivity index (χ1n) is 14.2. The Morgan fingerprint density at radius 2 is 1.64 bits per heavy atom. The minimum atomic E-state index is -1.75. The Balaban J connectivity index is 1.84. The van der Waals surface area contributed by atoms with Gasteiger partial charge in [-0.2, -0.15) is 0 Å². The number of hydrogen-bond donors (Lipinski definition) is 4. The van der Waals surface area contributed by atoms with Crippen LogP contribution in [0.5, 0.6) is 0 Å². The molecule has 1 aromatic rings. The number of esters is 3. The molecule has 4 N–H and O–H groups in total. The molecule has 0 aromatic heterocycles. The minimum Gasteiger partial charge on any atom is -0.461 e. The summed E-state index contributed by atoms with van der Waals surface area (Å²) in [6, 6.07) is 8.13. The number of aliphatic hydroxyl groups is 4. The van der Waals surface area contributed by atoms with E-state index in [0.717, 1.165) is 0 Å². The number of carbonyl (C=O) groups excluding carboxylic acids is 3. The van der Waals surface area contributed by atoms with Gasteiger partial charge < -0.3 is 39.4 Å². The molecule has 0 radical (unpaired) electrons. The second-order valence-electron chi connectivity index (χ2n) is 13.0. The molecule has 3 fully saturated rings. The molecule has 42 heavy (non-hydrogen) atoms. The fraction of sp³-hybridized carbons (Fsp3) is 0.645. The Bertz CT molecular complexity index is 1300. The summed E-state index contributed by atoms with van der Waals surface area (Å²) in [6.07, 6.45) is -7.97. The molecule has 0 bridgehead atoms. The smallest absolute Gasteiger partial charge is 0.338 e. The van der Waals surface area contributed by atoms with Crippen molar-refractivity contribution in [3.05, 3.63) is 47.0 Å². The van der Waals surface area contributed by atoms with Crippen LogP contribution in [0.15, 0.2) is 41.5 Å². The Morgan fingerprint density at radius 1 is 1.00 bits per heavy atom. The van der Waals surface area contributed by atoms with Gasteiger partial charge in [0.15, 0.2) is 5.60 Å². The molecule has 4 aliphatic rings. The average molecular weight is 589 g/mol. The summed E-state index contributed by atoms with van der Waals surface area (Å²) in [5.74, 6) is -3.32. The molecular weight excluding hydrogens is 548 g/mol. The maximum Gasteiger partial charge on any atom is 0.338 e. The lowest BCUT2D eigenvalue weighted by atomic mass is 9.49. The maximum absolute atomic E-state index is 13.6. The molecule has 1 heterocycles. The first-order chi connectivity index (χ1) is 19.5. The van der Waals surface area contributed by atoms with Gasteiger partial charge in [-0.15, -0.1) is 0 Å². The van der Waals surface area contributed by atoms with Gasteiger partial charge in [0.2, 0.25) is 0 Å². The number of hydrogen-bond acceptors (Lipinski definition) is 11. The molecule has 0 spiro atoms. The second kappa shape index (κ2) is 10.1. The SMILES string of the molecule is CC(=O)OC1C2[C@@](C)([C@@H](O)C[C@H]3OC[C@@]23OC(C)=O)[C@@H](OC(=O)c2ccccc2)[C@H](O)C2=C(C)[C@@H](O)C[C@]21C(C)(C)O. The Hall–Kier alpha value is -2.83. The molecule has 3 aliphatic carbocycles. The number of carbonyl (C=O) groups is 3. The van der Waals surface area contributed by atoms with Crippen molar-refractivity contribution in [2.24, 2.45) is 16.7 Å². The second-order valence-corrected chi connectivity index (χ2v) is 13.0. The van der Waals surface area contributed by atoms with Crippen molar-refractivity contribution in [2.75, 3.05) is 6.61 Å². The fourth-order valence-electron chi connectivity index (χ4n) is 8.35. The number of fused-ring (bicyclic) bond motifs is 4. The van der Waals surface area contributed by atoms with Crippen LogP contribution in [-0.2, 0) is 28.5 Å². The molecule has 230 valence electrons. The highest BCUT2D eigenvalue weighted by Crippen LogP contribution is 2.68. The standard InChI is InChI=1S/C31H40O11/c1-15-19(34)13-30(28(4,5)38)22(15)23(36)25(41-27(37)18-10-8-7-9-11-18)29(6)20(35)12-21-31(14-39-21,42-17(3)33)24(29)26(30)40-16(2)32/h7-11,19-21,23-26,34-36,38H,12-14H2,1-6H3/t19-,20-,21+,23+,24?,25-,26?,29+,30-,31-/m0/s1.